The van der Waals surface area contributed by atoms with E-state index in [2.05, 4.69) is 5.10 Å². The maximum Gasteiger partial charge on any atom is 0.253 e. The first kappa shape index (κ1) is 19.9. The Morgan fingerprint density at radius 1 is 1.31 bits per heavy atom. The van der Waals surface area contributed by atoms with Crippen molar-refractivity contribution >= 4 is 5.91 Å². The molecule has 4 rings (SSSR count). The lowest BCUT2D eigenvalue weighted by Crippen LogP contribution is -2.51. The normalized spacial score (nSPS) is 20.6. The van der Waals surface area contributed by atoms with Crippen LogP contribution < -0.4 is 4.74 Å². The van der Waals surface area contributed by atoms with Gasteiger partial charge in [-0.15, -0.1) is 0 Å². The molecule has 1 unspecified atom stereocenters. The lowest BCUT2D eigenvalue weighted by Gasteiger charge is -2.44. The Labute approximate surface area is 171 Å². The van der Waals surface area contributed by atoms with Gasteiger partial charge in [-0.25, -0.2) is 0 Å². The Kier molecular flexibility index (Phi) is 5.36. The van der Waals surface area contributed by atoms with Crippen LogP contribution >= 0.6 is 0 Å². The molecule has 2 aliphatic rings. The molecule has 1 atom stereocenters. The molecule has 0 radical (unpaired) electrons. The van der Waals surface area contributed by atoms with Crippen LogP contribution in [0, 0.1) is 0 Å². The molecule has 7 nitrogen and oxygen atoms in total. The SMILES string of the molecule is CC(C)OCc1ccc(C(=O)N2CCC3(CC2)CC(O)c2nn(C)cc2O3)cc1. The van der Waals surface area contributed by atoms with Crippen LogP contribution in [-0.4, -0.2) is 50.5 Å². The molecule has 0 bridgehead atoms. The van der Waals surface area contributed by atoms with Gasteiger partial charge in [0.05, 0.1) is 18.9 Å². The second-order valence-electron chi connectivity index (χ2n) is 8.41. The van der Waals surface area contributed by atoms with Crippen LogP contribution in [0.2, 0.25) is 0 Å². The number of carbonyl (C=O) groups is 1. The lowest BCUT2D eigenvalue weighted by molar-refractivity contribution is -0.0504. The molecule has 1 saturated heterocycles. The zero-order chi connectivity index (χ0) is 20.6. The molecule has 1 N–H and O–H groups in total. The molecule has 29 heavy (non-hydrogen) atoms. The summed E-state index contributed by atoms with van der Waals surface area (Å²) in [4.78, 5) is 14.8. The summed E-state index contributed by atoms with van der Waals surface area (Å²) in [5.41, 5.74) is 1.93. The largest absolute Gasteiger partial charge is 0.483 e. The summed E-state index contributed by atoms with van der Waals surface area (Å²) < 4.78 is 13.5. The van der Waals surface area contributed by atoms with Crippen LogP contribution in [0.25, 0.3) is 0 Å². The van der Waals surface area contributed by atoms with E-state index in [-0.39, 0.29) is 12.0 Å². The van der Waals surface area contributed by atoms with Gasteiger partial charge in [-0.05, 0) is 31.5 Å². The highest BCUT2D eigenvalue weighted by Crippen LogP contribution is 2.43. The summed E-state index contributed by atoms with van der Waals surface area (Å²) in [7, 11) is 1.82. The van der Waals surface area contributed by atoms with E-state index in [0.717, 1.165) is 5.56 Å². The number of fused-ring (bicyclic) bond motifs is 1. The first-order valence-corrected chi connectivity index (χ1v) is 10.3. The second-order valence-corrected chi connectivity index (χ2v) is 8.41. The first-order valence-electron chi connectivity index (χ1n) is 10.3. The predicted octanol–water partition coefficient (Wildman–Crippen LogP) is 2.84. The fourth-order valence-electron chi connectivity index (χ4n) is 4.13. The first-order chi connectivity index (χ1) is 13.8. The van der Waals surface area contributed by atoms with Gasteiger partial charge in [-0.2, -0.15) is 5.10 Å². The number of hydrogen-bond donors (Lipinski definition) is 1. The standard InChI is InChI=1S/C22H29N3O4/c1-15(2)28-14-16-4-6-17(7-5-16)21(27)25-10-8-22(9-11-25)12-18(26)20-19(29-22)13-24(3)23-20/h4-7,13,15,18,26H,8-12,14H2,1-3H3. The minimum Gasteiger partial charge on any atom is -0.483 e. The van der Waals surface area contributed by atoms with E-state index in [9.17, 15) is 9.90 Å². The molecule has 1 amide bonds. The molecular formula is C22H29N3O4. The molecule has 2 aromatic rings. The maximum atomic E-state index is 12.9. The van der Waals surface area contributed by atoms with Gasteiger partial charge in [0.15, 0.2) is 5.75 Å². The molecular weight excluding hydrogens is 370 g/mol. The third-order valence-corrected chi connectivity index (χ3v) is 5.78. The number of aliphatic hydroxyl groups excluding tert-OH is 1. The highest BCUT2D eigenvalue weighted by Gasteiger charge is 2.44. The summed E-state index contributed by atoms with van der Waals surface area (Å²) in [5, 5.41) is 14.8. The van der Waals surface area contributed by atoms with E-state index in [1.807, 2.05) is 56.3 Å². The maximum absolute atomic E-state index is 12.9. The molecule has 0 saturated carbocycles. The van der Waals surface area contributed by atoms with Crippen molar-refractivity contribution in [2.45, 2.75) is 57.5 Å². The van der Waals surface area contributed by atoms with E-state index < -0.39 is 11.7 Å². The third-order valence-electron chi connectivity index (χ3n) is 5.78. The smallest absolute Gasteiger partial charge is 0.253 e. The van der Waals surface area contributed by atoms with E-state index in [1.165, 1.54) is 0 Å². The zero-order valence-electron chi connectivity index (χ0n) is 17.3. The minimum absolute atomic E-state index is 0.0367. The van der Waals surface area contributed by atoms with Crippen molar-refractivity contribution in [1.82, 2.24) is 14.7 Å². The topological polar surface area (TPSA) is 76.8 Å². The van der Waals surface area contributed by atoms with Crippen molar-refractivity contribution in [3.63, 3.8) is 0 Å². The van der Waals surface area contributed by atoms with Gasteiger partial charge in [-0.1, -0.05) is 12.1 Å². The van der Waals surface area contributed by atoms with Crippen LogP contribution in [0.1, 0.15) is 60.8 Å². The summed E-state index contributed by atoms with van der Waals surface area (Å²) >= 11 is 0. The quantitative estimate of drug-likeness (QED) is 0.856. The van der Waals surface area contributed by atoms with Crippen molar-refractivity contribution in [3.8, 4) is 5.75 Å². The molecule has 1 aromatic heterocycles. The minimum atomic E-state index is -0.622. The number of carbonyl (C=O) groups excluding carboxylic acids is 1. The molecule has 3 heterocycles. The van der Waals surface area contributed by atoms with E-state index in [1.54, 1.807) is 4.68 Å². The van der Waals surface area contributed by atoms with Crippen molar-refractivity contribution in [1.29, 1.82) is 0 Å². The average Bonchev–Trinajstić information content (AvgIpc) is 3.07. The fraction of sp³-hybridized carbons (Fsp3) is 0.545. The van der Waals surface area contributed by atoms with Gasteiger partial charge in [0, 0.05) is 45.0 Å². The average molecular weight is 399 g/mol. The molecule has 1 fully saturated rings. The van der Waals surface area contributed by atoms with Crippen LogP contribution in [0.4, 0.5) is 0 Å². The van der Waals surface area contributed by atoms with Crippen molar-refractivity contribution < 1.29 is 19.4 Å². The van der Waals surface area contributed by atoms with Gasteiger partial charge in [0.1, 0.15) is 17.4 Å². The summed E-state index contributed by atoms with van der Waals surface area (Å²) in [6.45, 7) is 5.78. The number of hydrogen-bond acceptors (Lipinski definition) is 5. The Morgan fingerprint density at radius 2 is 2.00 bits per heavy atom. The van der Waals surface area contributed by atoms with E-state index in [0.29, 0.717) is 56.0 Å². The van der Waals surface area contributed by atoms with Crippen molar-refractivity contribution in [2.24, 2.45) is 7.05 Å². The number of benzene rings is 1. The van der Waals surface area contributed by atoms with Crippen LogP contribution in [0.15, 0.2) is 30.5 Å². The zero-order valence-corrected chi connectivity index (χ0v) is 17.3. The number of aliphatic hydroxyl groups is 1. The third kappa shape index (κ3) is 4.16. The van der Waals surface area contributed by atoms with Gasteiger partial charge in [0.2, 0.25) is 0 Å². The molecule has 1 aromatic carbocycles. The second kappa shape index (κ2) is 7.80. The highest BCUT2D eigenvalue weighted by molar-refractivity contribution is 5.94. The molecule has 2 aliphatic heterocycles. The van der Waals surface area contributed by atoms with Gasteiger partial charge >= 0.3 is 0 Å². The molecule has 7 heteroatoms. The Morgan fingerprint density at radius 3 is 2.66 bits per heavy atom. The van der Waals surface area contributed by atoms with Gasteiger partial charge in [-0.3, -0.25) is 9.48 Å². The predicted molar refractivity (Wildman–Crippen MR) is 108 cm³/mol. The van der Waals surface area contributed by atoms with Crippen molar-refractivity contribution in [3.05, 3.63) is 47.3 Å². The Balaban J connectivity index is 1.38. The number of likely N-dealkylation sites (tertiary alicyclic amines) is 1. The van der Waals surface area contributed by atoms with Crippen LogP contribution in [0.5, 0.6) is 5.75 Å². The number of piperidine rings is 1. The highest BCUT2D eigenvalue weighted by atomic mass is 16.5. The number of rotatable bonds is 4. The van der Waals surface area contributed by atoms with Gasteiger partial charge in [0.25, 0.3) is 5.91 Å². The van der Waals surface area contributed by atoms with Gasteiger partial charge < -0.3 is 19.5 Å². The molecule has 1 spiro atoms. The summed E-state index contributed by atoms with van der Waals surface area (Å²) in [6, 6.07) is 7.64. The fourth-order valence-corrected chi connectivity index (χ4v) is 4.13. The van der Waals surface area contributed by atoms with E-state index >= 15 is 0 Å². The number of aryl methyl sites for hydroxylation is 1. The molecule has 0 aliphatic carbocycles. The monoisotopic (exact) mass is 399 g/mol. The van der Waals surface area contributed by atoms with Crippen LogP contribution in [-0.2, 0) is 18.4 Å². The Hall–Kier alpha value is -2.38. The Bertz CT molecular complexity index is 867. The lowest BCUT2D eigenvalue weighted by atomic mass is 9.83. The van der Waals surface area contributed by atoms with Crippen LogP contribution in [0.3, 0.4) is 0 Å². The molecule has 156 valence electrons. The number of nitrogens with zero attached hydrogens (tertiary/aromatic N) is 3. The summed E-state index contributed by atoms with van der Waals surface area (Å²) in [6.07, 6.45) is 3.28. The number of ether oxygens (including phenoxy) is 2. The number of amides is 1. The van der Waals surface area contributed by atoms with E-state index in [4.69, 9.17) is 9.47 Å². The van der Waals surface area contributed by atoms with Crippen molar-refractivity contribution in [2.75, 3.05) is 13.1 Å². The summed E-state index contributed by atoms with van der Waals surface area (Å²) in [5.74, 6) is 0.694. The number of aromatic nitrogens is 2.